The molecule has 0 aliphatic carbocycles. The van der Waals surface area contributed by atoms with Crippen molar-refractivity contribution < 1.29 is 27.6 Å². The van der Waals surface area contributed by atoms with Crippen LogP contribution in [0.3, 0.4) is 0 Å². The van der Waals surface area contributed by atoms with E-state index in [4.69, 9.17) is 0 Å². The van der Waals surface area contributed by atoms with E-state index in [0.29, 0.717) is 5.01 Å². The van der Waals surface area contributed by atoms with Gasteiger partial charge >= 0.3 is 12.2 Å². The standard InChI is InChI=1S/C16H12F3N5O4/c1-8-6-11(25)13(14(27)22-23-7-12(26)20-15(23)28)21-24(8)10-5-3-2-4-9(10)16(17,18)19/h2-6H,7H2,1H3,(H,22,27)(H,20,26,28). The minimum atomic E-state index is -4.69. The van der Waals surface area contributed by atoms with Crippen molar-refractivity contribution in [2.24, 2.45) is 0 Å². The fourth-order valence-electron chi connectivity index (χ4n) is 2.55. The van der Waals surface area contributed by atoms with E-state index in [1.807, 2.05) is 10.7 Å². The van der Waals surface area contributed by atoms with Crippen molar-refractivity contribution in [1.29, 1.82) is 0 Å². The van der Waals surface area contributed by atoms with E-state index >= 15 is 0 Å². The van der Waals surface area contributed by atoms with Gasteiger partial charge in [-0.05, 0) is 19.1 Å². The second kappa shape index (κ2) is 6.79. The first-order valence-corrected chi connectivity index (χ1v) is 7.78. The highest BCUT2D eigenvalue weighted by Crippen LogP contribution is 2.33. The van der Waals surface area contributed by atoms with Gasteiger partial charge in [-0.25, -0.2) is 14.5 Å². The van der Waals surface area contributed by atoms with Gasteiger partial charge in [0.05, 0.1) is 11.3 Å². The molecule has 28 heavy (non-hydrogen) atoms. The van der Waals surface area contributed by atoms with Crippen LogP contribution in [0.1, 0.15) is 21.7 Å². The predicted molar refractivity (Wildman–Crippen MR) is 87.3 cm³/mol. The molecule has 1 fully saturated rings. The Kier molecular flexibility index (Phi) is 4.63. The van der Waals surface area contributed by atoms with Gasteiger partial charge in [0.25, 0.3) is 5.91 Å². The molecule has 0 bridgehead atoms. The van der Waals surface area contributed by atoms with Gasteiger partial charge in [-0.1, -0.05) is 12.1 Å². The molecule has 12 heteroatoms. The van der Waals surface area contributed by atoms with E-state index in [9.17, 15) is 32.3 Å². The van der Waals surface area contributed by atoms with Gasteiger partial charge in [-0.3, -0.25) is 25.1 Å². The van der Waals surface area contributed by atoms with Gasteiger partial charge in [0.2, 0.25) is 11.3 Å². The number of rotatable bonds is 3. The smallest absolute Gasteiger partial charge is 0.287 e. The highest BCUT2D eigenvalue weighted by Gasteiger charge is 2.34. The molecule has 1 aromatic heterocycles. The number of urea groups is 1. The second-order valence-corrected chi connectivity index (χ2v) is 5.81. The number of nitrogens with zero attached hydrogens (tertiary/aromatic N) is 3. The molecule has 3 rings (SSSR count). The van der Waals surface area contributed by atoms with Gasteiger partial charge in [0.15, 0.2) is 5.69 Å². The molecule has 1 aliphatic heterocycles. The highest BCUT2D eigenvalue weighted by molar-refractivity contribution is 6.03. The Morgan fingerprint density at radius 3 is 2.50 bits per heavy atom. The highest BCUT2D eigenvalue weighted by atomic mass is 19.4. The summed E-state index contributed by atoms with van der Waals surface area (Å²) >= 11 is 0. The van der Waals surface area contributed by atoms with Crippen molar-refractivity contribution in [2.75, 3.05) is 6.54 Å². The van der Waals surface area contributed by atoms with E-state index < -0.39 is 47.3 Å². The number of hydrogen-bond donors (Lipinski definition) is 2. The fraction of sp³-hybridized carbons (Fsp3) is 0.188. The molecular weight excluding hydrogens is 383 g/mol. The Labute approximate surface area is 154 Å². The lowest BCUT2D eigenvalue weighted by Gasteiger charge is -2.17. The summed E-state index contributed by atoms with van der Waals surface area (Å²) in [6.07, 6.45) is -4.69. The number of carbonyl (C=O) groups is 3. The average molecular weight is 395 g/mol. The van der Waals surface area contributed by atoms with Crippen LogP contribution in [-0.4, -0.2) is 39.2 Å². The lowest BCUT2D eigenvalue weighted by atomic mass is 10.1. The normalized spacial score (nSPS) is 14.2. The summed E-state index contributed by atoms with van der Waals surface area (Å²) in [5.74, 6) is -1.81. The summed E-state index contributed by atoms with van der Waals surface area (Å²) in [6, 6.07) is 4.57. The molecule has 0 radical (unpaired) electrons. The van der Waals surface area contributed by atoms with E-state index in [1.165, 1.54) is 19.1 Å². The third-order valence-corrected chi connectivity index (χ3v) is 3.79. The first-order valence-electron chi connectivity index (χ1n) is 7.78. The van der Waals surface area contributed by atoms with Crippen LogP contribution in [0.25, 0.3) is 5.69 Å². The first-order chi connectivity index (χ1) is 13.1. The van der Waals surface area contributed by atoms with Crippen LogP contribution >= 0.6 is 0 Å². The summed E-state index contributed by atoms with van der Waals surface area (Å²) < 4.78 is 40.7. The second-order valence-electron chi connectivity index (χ2n) is 5.81. The quantitative estimate of drug-likeness (QED) is 0.745. The van der Waals surface area contributed by atoms with Crippen LogP contribution in [0.5, 0.6) is 0 Å². The van der Waals surface area contributed by atoms with Crippen molar-refractivity contribution in [1.82, 2.24) is 25.5 Å². The number of nitrogens with one attached hydrogen (secondary N) is 2. The molecule has 146 valence electrons. The Balaban J connectivity index is 2.03. The molecule has 0 saturated carbocycles. The number of amides is 4. The van der Waals surface area contributed by atoms with E-state index in [2.05, 4.69) is 5.10 Å². The van der Waals surface area contributed by atoms with Crippen molar-refractivity contribution >= 4 is 17.8 Å². The number of imide groups is 1. The van der Waals surface area contributed by atoms with E-state index in [0.717, 1.165) is 22.9 Å². The molecule has 4 amide bonds. The Morgan fingerprint density at radius 2 is 1.89 bits per heavy atom. The van der Waals surface area contributed by atoms with Gasteiger partial charge in [-0.2, -0.15) is 18.3 Å². The molecular formula is C16H12F3N5O4. The molecule has 9 nitrogen and oxygen atoms in total. The topological polar surface area (TPSA) is 113 Å². The zero-order valence-corrected chi connectivity index (χ0v) is 14.2. The summed E-state index contributed by atoms with van der Waals surface area (Å²) in [5.41, 5.74) is -0.904. The Bertz CT molecular complexity index is 1050. The van der Waals surface area contributed by atoms with E-state index in [1.54, 1.807) is 0 Å². The molecule has 0 spiro atoms. The van der Waals surface area contributed by atoms with Crippen LogP contribution in [-0.2, 0) is 11.0 Å². The number of hydrogen-bond acceptors (Lipinski definition) is 5. The maximum absolute atomic E-state index is 13.3. The number of aryl methyl sites for hydroxylation is 1. The number of hydrazine groups is 1. The molecule has 0 atom stereocenters. The van der Waals surface area contributed by atoms with Crippen molar-refractivity contribution in [2.45, 2.75) is 13.1 Å². The van der Waals surface area contributed by atoms with Crippen molar-refractivity contribution in [3.05, 3.63) is 57.5 Å². The number of halogens is 3. The number of aromatic nitrogens is 2. The number of benzene rings is 1. The van der Waals surface area contributed by atoms with Crippen molar-refractivity contribution in [3.63, 3.8) is 0 Å². The minimum Gasteiger partial charge on any atom is -0.287 e. The maximum Gasteiger partial charge on any atom is 0.418 e. The zero-order valence-electron chi connectivity index (χ0n) is 14.2. The van der Waals surface area contributed by atoms with Crippen LogP contribution in [0.2, 0.25) is 0 Å². The number of para-hydroxylation sites is 1. The zero-order chi connectivity index (χ0) is 20.6. The third kappa shape index (κ3) is 3.56. The first kappa shape index (κ1) is 19.1. The molecule has 2 heterocycles. The van der Waals surface area contributed by atoms with Gasteiger partial charge in [0, 0.05) is 11.8 Å². The van der Waals surface area contributed by atoms with Crippen LogP contribution in [0.4, 0.5) is 18.0 Å². The molecule has 1 aromatic carbocycles. The monoisotopic (exact) mass is 395 g/mol. The van der Waals surface area contributed by atoms with Gasteiger partial charge in [0.1, 0.15) is 6.54 Å². The predicted octanol–water partition coefficient (Wildman–Crippen LogP) is 0.756. The molecule has 0 unspecified atom stereocenters. The molecule has 2 N–H and O–H groups in total. The number of carbonyl (C=O) groups excluding carboxylic acids is 3. The number of alkyl halides is 3. The third-order valence-electron chi connectivity index (χ3n) is 3.79. The van der Waals surface area contributed by atoms with Gasteiger partial charge in [-0.15, -0.1) is 0 Å². The molecule has 1 saturated heterocycles. The molecule has 1 aliphatic rings. The summed E-state index contributed by atoms with van der Waals surface area (Å²) in [4.78, 5) is 47.1. The van der Waals surface area contributed by atoms with E-state index in [-0.39, 0.29) is 11.4 Å². The summed E-state index contributed by atoms with van der Waals surface area (Å²) in [6.45, 7) is 0.886. The van der Waals surface area contributed by atoms with Crippen LogP contribution < -0.4 is 16.2 Å². The van der Waals surface area contributed by atoms with Crippen LogP contribution in [0, 0.1) is 6.92 Å². The lowest BCUT2D eigenvalue weighted by molar-refractivity contribution is -0.137. The van der Waals surface area contributed by atoms with Crippen molar-refractivity contribution in [3.8, 4) is 5.69 Å². The fourth-order valence-corrected chi connectivity index (χ4v) is 2.55. The average Bonchev–Trinajstić information content (AvgIpc) is 2.91. The Hall–Kier alpha value is -3.70. The van der Waals surface area contributed by atoms with Gasteiger partial charge < -0.3 is 0 Å². The summed E-state index contributed by atoms with van der Waals surface area (Å²) in [5, 5.41) is 6.29. The Morgan fingerprint density at radius 1 is 1.21 bits per heavy atom. The van der Waals surface area contributed by atoms with Crippen LogP contribution in [0.15, 0.2) is 35.1 Å². The minimum absolute atomic E-state index is 0.0624. The summed E-state index contributed by atoms with van der Waals surface area (Å²) in [7, 11) is 0. The maximum atomic E-state index is 13.3. The lowest BCUT2D eigenvalue weighted by Crippen LogP contribution is -2.46. The largest absolute Gasteiger partial charge is 0.418 e. The SMILES string of the molecule is Cc1cc(=O)c(C(=O)NN2CC(=O)NC2=O)nn1-c1ccccc1C(F)(F)F. The molecule has 2 aromatic rings.